The highest BCUT2D eigenvalue weighted by atomic mass is 19.1. The van der Waals surface area contributed by atoms with Crippen molar-refractivity contribution in [3.05, 3.63) is 48.3 Å². The molecule has 3 atom stereocenters. The van der Waals surface area contributed by atoms with Gasteiger partial charge in [0.2, 0.25) is 0 Å². The largest absolute Gasteiger partial charge is 0.506 e. The van der Waals surface area contributed by atoms with Crippen LogP contribution >= 0.6 is 0 Å². The van der Waals surface area contributed by atoms with Crippen molar-refractivity contribution < 1.29 is 19.0 Å². The molecule has 26 heavy (non-hydrogen) atoms. The Morgan fingerprint density at radius 1 is 1.23 bits per heavy atom. The van der Waals surface area contributed by atoms with E-state index in [1.165, 1.54) is 18.5 Å². The summed E-state index contributed by atoms with van der Waals surface area (Å²) < 4.78 is 19.4. The summed E-state index contributed by atoms with van der Waals surface area (Å²) in [5.41, 5.74) is 0.369. The molecule has 3 heterocycles. The highest BCUT2D eigenvalue weighted by Crippen LogP contribution is 2.39. The van der Waals surface area contributed by atoms with Crippen LogP contribution in [0.1, 0.15) is 23.3 Å². The molecule has 1 aliphatic carbocycles. The molecule has 2 fully saturated rings. The number of carbonyl (C=O) groups is 1. The Hall–Kier alpha value is -2.54. The first-order valence-corrected chi connectivity index (χ1v) is 8.76. The smallest absolute Gasteiger partial charge is 0.255 e. The maximum Gasteiger partial charge on any atom is 0.255 e. The Morgan fingerprint density at radius 2 is 2.00 bits per heavy atom. The third-order valence-corrected chi connectivity index (χ3v) is 5.20. The molecule has 0 aromatic carbocycles. The summed E-state index contributed by atoms with van der Waals surface area (Å²) in [6.45, 7) is 2.00. The van der Waals surface area contributed by atoms with E-state index >= 15 is 0 Å². The normalized spacial score (nSPS) is 25.2. The fraction of sp³-hybridized carbons (Fsp3) is 0.421. The molecule has 0 unspecified atom stereocenters. The highest BCUT2D eigenvalue weighted by molar-refractivity contribution is 5.95. The first-order chi connectivity index (χ1) is 12.6. The molecule has 6 nitrogen and oxygen atoms in total. The summed E-state index contributed by atoms with van der Waals surface area (Å²) in [7, 11) is 0. The Kier molecular flexibility index (Phi) is 4.55. The third kappa shape index (κ3) is 3.53. The van der Waals surface area contributed by atoms with E-state index in [-0.39, 0.29) is 23.4 Å². The number of ketones is 1. The minimum absolute atomic E-state index is 0.000293. The van der Waals surface area contributed by atoms with Gasteiger partial charge in [-0.2, -0.15) is 4.39 Å². The van der Waals surface area contributed by atoms with Crippen LogP contribution in [0.25, 0.3) is 0 Å². The topological polar surface area (TPSA) is 75.6 Å². The quantitative estimate of drug-likeness (QED) is 0.654. The summed E-state index contributed by atoms with van der Waals surface area (Å²) >= 11 is 0. The highest BCUT2D eigenvalue weighted by Gasteiger charge is 2.42. The SMILES string of the molecule is O=C(CN1C[C@H]2C[C@H](Oc3cccnc3F)C[C@H]2C1)c1ccc(O)cn1. The van der Waals surface area contributed by atoms with Crippen molar-refractivity contribution in [3.8, 4) is 11.5 Å². The number of nitrogens with zero attached hydrogens (tertiary/aromatic N) is 3. The fourth-order valence-corrected chi connectivity index (χ4v) is 4.04. The molecule has 2 aliphatic rings. The molecule has 0 spiro atoms. The van der Waals surface area contributed by atoms with Crippen LogP contribution in [0.4, 0.5) is 4.39 Å². The van der Waals surface area contributed by atoms with E-state index in [0.717, 1.165) is 25.9 Å². The van der Waals surface area contributed by atoms with E-state index in [1.807, 2.05) is 0 Å². The van der Waals surface area contributed by atoms with Crippen LogP contribution < -0.4 is 4.74 Å². The van der Waals surface area contributed by atoms with Crippen molar-refractivity contribution in [1.29, 1.82) is 0 Å². The minimum Gasteiger partial charge on any atom is -0.506 e. The maximum atomic E-state index is 13.6. The number of hydrogen-bond acceptors (Lipinski definition) is 6. The second kappa shape index (κ2) is 6.99. The van der Waals surface area contributed by atoms with Gasteiger partial charge in [0.1, 0.15) is 11.4 Å². The van der Waals surface area contributed by atoms with E-state index in [0.29, 0.717) is 24.1 Å². The molecule has 2 aromatic heterocycles. The lowest BCUT2D eigenvalue weighted by Crippen LogP contribution is -2.30. The zero-order valence-electron chi connectivity index (χ0n) is 14.2. The number of Topliss-reactive ketones (excluding diaryl/α,β-unsaturated/α-hetero) is 1. The van der Waals surface area contributed by atoms with Gasteiger partial charge < -0.3 is 9.84 Å². The number of aromatic hydroxyl groups is 1. The molecule has 1 saturated carbocycles. The molecule has 1 N–H and O–H groups in total. The predicted molar refractivity (Wildman–Crippen MR) is 91.5 cm³/mol. The molecule has 0 amide bonds. The van der Waals surface area contributed by atoms with E-state index < -0.39 is 5.95 Å². The summed E-state index contributed by atoms with van der Waals surface area (Å²) in [6, 6.07) is 6.28. The lowest BCUT2D eigenvalue weighted by molar-refractivity contribution is 0.0931. The monoisotopic (exact) mass is 357 g/mol. The number of carbonyl (C=O) groups excluding carboxylic acids is 1. The van der Waals surface area contributed by atoms with Crippen molar-refractivity contribution in [2.75, 3.05) is 19.6 Å². The van der Waals surface area contributed by atoms with Crippen LogP contribution in [0.3, 0.4) is 0 Å². The van der Waals surface area contributed by atoms with Gasteiger partial charge in [-0.25, -0.2) is 9.97 Å². The number of pyridine rings is 2. The van der Waals surface area contributed by atoms with E-state index in [4.69, 9.17) is 4.74 Å². The van der Waals surface area contributed by atoms with Gasteiger partial charge in [0.15, 0.2) is 11.5 Å². The van der Waals surface area contributed by atoms with Crippen LogP contribution in [0.2, 0.25) is 0 Å². The predicted octanol–water partition coefficient (Wildman–Crippen LogP) is 2.29. The minimum atomic E-state index is -0.571. The second-order valence-corrected chi connectivity index (χ2v) is 7.04. The van der Waals surface area contributed by atoms with Crippen molar-refractivity contribution in [2.24, 2.45) is 11.8 Å². The molecular formula is C19H20FN3O3. The van der Waals surface area contributed by atoms with Gasteiger partial charge in [0, 0.05) is 19.3 Å². The van der Waals surface area contributed by atoms with Crippen molar-refractivity contribution in [1.82, 2.24) is 14.9 Å². The lowest BCUT2D eigenvalue weighted by Gasteiger charge is -2.19. The van der Waals surface area contributed by atoms with Gasteiger partial charge in [-0.3, -0.25) is 9.69 Å². The number of ether oxygens (including phenoxy) is 1. The number of rotatable bonds is 5. The zero-order chi connectivity index (χ0) is 18.1. The molecule has 1 aliphatic heterocycles. The fourth-order valence-electron chi connectivity index (χ4n) is 4.04. The number of hydrogen-bond donors (Lipinski definition) is 1. The van der Waals surface area contributed by atoms with Crippen molar-refractivity contribution in [3.63, 3.8) is 0 Å². The number of halogens is 1. The molecule has 2 aromatic rings. The van der Waals surface area contributed by atoms with Gasteiger partial charge >= 0.3 is 0 Å². The lowest BCUT2D eigenvalue weighted by atomic mass is 10.0. The summed E-state index contributed by atoms with van der Waals surface area (Å²) in [6.07, 6.45) is 4.41. The van der Waals surface area contributed by atoms with Gasteiger partial charge in [-0.1, -0.05) is 0 Å². The Morgan fingerprint density at radius 3 is 2.65 bits per heavy atom. The molecule has 0 bridgehead atoms. The first-order valence-electron chi connectivity index (χ1n) is 8.76. The number of likely N-dealkylation sites (tertiary alicyclic amines) is 1. The Balaban J connectivity index is 1.30. The molecule has 0 radical (unpaired) electrons. The van der Waals surface area contributed by atoms with Crippen molar-refractivity contribution >= 4 is 5.78 Å². The van der Waals surface area contributed by atoms with Crippen LogP contribution in [0, 0.1) is 17.8 Å². The molecule has 1 saturated heterocycles. The Labute approximate surface area is 150 Å². The molecular weight excluding hydrogens is 337 g/mol. The van der Waals surface area contributed by atoms with Gasteiger partial charge in [-0.15, -0.1) is 0 Å². The van der Waals surface area contributed by atoms with Gasteiger partial charge in [0.25, 0.3) is 5.95 Å². The van der Waals surface area contributed by atoms with Gasteiger partial charge in [-0.05, 0) is 48.9 Å². The number of fused-ring (bicyclic) bond motifs is 1. The van der Waals surface area contributed by atoms with Crippen LogP contribution in [0.5, 0.6) is 11.5 Å². The molecule has 136 valence electrons. The van der Waals surface area contributed by atoms with Crippen LogP contribution in [-0.4, -0.2) is 51.5 Å². The summed E-state index contributed by atoms with van der Waals surface area (Å²) in [4.78, 5) is 22.0. The average molecular weight is 357 g/mol. The summed E-state index contributed by atoms with van der Waals surface area (Å²) in [5.74, 6) is 0.560. The average Bonchev–Trinajstić information content (AvgIpc) is 3.15. The Bertz CT molecular complexity index is 785. The second-order valence-electron chi connectivity index (χ2n) is 7.04. The van der Waals surface area contributed by atoms with E-state index in [9.17, 15) is 14.3 Å². The third-order valence-electron chi connectivity index (χ3n) is 5.20. The van der Waals surface area contributed by atoms with Gasteiger partial charge in [0.05, 0.1) is 18.8 Å². The maximum absolute atomic E-state index is 13.6. The zero-order valence-corrected chi connectivity index (χ0v) is 14.2. The van der Waals surface area contributed by atoms with E-state index in [1.54, 1.807) is 18.2 Å². The standard InChI is InChI=1S/C19H20FN3O3/c20-19-18(2-1-5-21-19)26-15-6-12-9-23(10-13(12)7-15)11-17(25)16-4-3-14(24)8-22-16/h1-5,8,12-13,15,24H,6-7,9-11H2/t12-,13+,15+. The van der Waals surface area contributed by atoms with E-state index in [2.05, 4.69) is 14.9 Å². The van der Waals surface area contributed by atoms with Crippen molar-refractivity contribution in [2.45, 2.75) is 18.9 Å². The van der Waals surface area contributed by atoms with Crippen LogP contribution in [-0.2, 0) is 0 Å². The number of aromatic nitrogens is 2. The van der Waals surface area contributed by atoms with Crippen LogP contribution in [0.15, 0.2) is 36.7 Å². The molecule has 7 heteroatoms. The molecule has 4 rings (SSSR count). The first kappa shape index (κ1) is 16.9. The summed E-state index contributed by atoms with van der Waals surface area (Å²) in [5, 5.41) is 9.26.